The van der Waals surface area contributed by atoms with Crippen molar-refractivity contribution in [2.45, 2.75) is 0 Å². The van der Waals surface area contributed by atoms with Gasteiger partial charge in [-0.15, -0.1) is 0 Å². The highest BCUT2D eigenvalue weighted by Gasteiger charge is 2.14. The molecule has 2 rings (SSSR count). The second-order valence-corrected chi connectivity index (χ2v) is 4.07. The molecule has 21 heavy (non-hydrogen) atoms. The summed E-state index contributed by atoms with van der Waals surface area (Å²) in [7, 11) is 1.25. The van der Waals surface area contributed by atoms with Crippen molar-refractivity contribution in [1.82, 2.24) is 0 Å². The second kappa shape index (κ2) is 5.92. The molecule has 0 amide bonds. The summed E-state index contributed by atoms with van der Waals surface area (Å²) in [5, 5.41) is 8.95. The zero-order valence-electron chi connectivity index (χ0n) is 11.1. The summed E-state index contributed by atoms with van der Waals surface area (Å²) in [4.78, 5) is 11.5. The second-order valence-electron chi connectivity index (χ2n) is 4.07. The molecule has 2 N–H and O–H groups in total. The molecule has 0 spiro atoms. The van der Waals surface area contributed by atoms with E-state index in [9.17, 15) is 9.18 Å². The first kappa shape index (κ1) is 14.3. The molecule has 2 aromatic carbocycles. The number of hydrogen-bond acceptors (Lipinski definition) is 5. The summed E-state index contributed by atoms with van der Waals surface area (Å²) in [6.07, 6.45) is 0. The molecule has 5 nitrogen and oxygen atoms in total. The number of carbonyl (C=O) groups excluding carboxylic acids is 1. The van der Waals surface area contributed by atoms with E-state index in [1.165, 1.54) is 37.4 Å². The van der Waals surface area contributed by atoms with E-state index in [4.69, 9.17) is 15.7 Å². The molecule has 0 fully saturated rings. The SMILES string of the molecule is COC(=O)c1ccc(N)c(Oc2cccc(F)c2C#N)c1. The van der Waals surface area contributed by atoms with Crippen LogP contribution in [0.5, 0.6) is 11.5 Å². The zero-order valence-corrected chi connectivity index (χ0v) is 11.1. The molecule has 0 unspecified atom stereocenters. The normalized spacial score (nSPS) is 9.76. The van der Waals surface area contributed by atoms with Gasteiger partial charge in [-0.2, -0.15) is 5.26 Å². The molecule has 0 aromatic heterocycles. The van der Waals surface area contributed by atoms with Crippen molar-refractivity contribution in [3.8, 4) is 17.6 Å². The van der Waals surface area contributed by atoms with Crippen molar-refractivity contribution in [2.75, 3.05) is 12.8 Å². The van der Waals surface area contributed by atoms with Crippen molar-refractivity contribution in [1.29, 1.82) is 5.26 Å². The quantitative estimate of drug-likeness (QED) is 0.692. The lowest BCUT2D eigenvalue weighted by molar-refractivity contribution is 0.0600. The van der Waals surface area contributed by atoms with Crippen LogP contribution in [0, 0.1) is 17.1 Å². The number of nitrogens with zero attached hydrogens (tertiary/aromatic N) is 1. The number of nitriles is 1. The third-order valence-corrected chi connectivity index (χ3v) is 2.74. The number of nitrogens with two attached hydrogens (primary N) is 1. The van der Waals surface area contributed by atoms with E-state index in [2.05, 4.69) is 4.74 Å². The zero-order chi connectivity index (χ0) is 15.4. The van der Waals surface area contributed by atoms with E-state index < -0.39 is 11.8 Å². The monoisotopic (exact) mass is 286 g/mol. The molecule has 106 valence electrons. The van der Waals surface area contributed by atoms with Crippen molar-refractivity contribution < 1.29 is 18.7 Å². The Morgan fingerprint density at radius 3 is 2.71 bits per heavy atom. The summed E-state index contributed by atoms with van der Waals surface area (Å²) in [5.74, 6) is -1.09. The van der Waals surface area contributed by atoms with Gasteiger partial charge in [0.05, 0.1) is 18.4 Å². The van der Waals surface area contributed by atoms with Gasteiger partial charge in [0.2, 0.25) is 0 Å². The number of nitrogen functional groups attached to an aromatic ring is 1. The number of methoxy groups -OCH3 is 1. The van der Waals surface area contributed by atoms with Crippen molar-refractivity contribution >= 4 is 11.7 Å². The fourth-order valence-corrected chi connectivity index (χ4v) is 1.68. The third-order valence-electron chi connectivity index (χ3n) is 2.74. The lowest BCUT2D eigenvalue weighted by Gasteiger charge is -2.11. The molecule has 0 aliphatic rings. The minimum absolute atomic E-state index is 0.0196. The first-order valence-electron chi connectivity index (χ1n) is 5.91. The van der Waals surface area contributed by atoms with E-state index in [0.717, 1.165) is 6.07 Å². The summed E-state index contributed by atoms with van der Waals surface area (Å²) in [6.45, 7) is 0. The Morgan fingerprint density at radius 2 is 2.05 bits per heavy atom. The fraction of sp³-hybridized carbons (Fsp3) is 0.0667. The summed E-state index contributed by atoms with van der Waals surface area (Å²) in [5.41, 5.74) is 6.00. The molecular formula is C15H11FN2O3. The number of anilines is 1. The van der Waals surface area contributed by atoms with Crippen LogP contribution < -0.4 is 10.5 Å². The number of carbonyl (C=O) groups is 1. The summed E-state index contributed by atoms with van der Waals surface area (Å²) >= 11 is 0. The third kappa shape index (κ3) is 2.92. The molecule has 0 saturated carbocycles. The number of hydrogen-bond donors (Lipinski definition) is 1. The van der Waals surface area contributed by atoms with Gasteiger partial charge in [-0.1, -0.05) is 6.07 Å². The first-order valence-corrected chi connectivity index (χ1v) is 5.91. The molecule has 0 aliphatic carbocycles. The molecule has 0 bridgehead atoms. The van der Waals surface area contributed by atoms with Gasteiger partial charge in [0.1, 0.15) is 23.2 Å². The average molecular weight is 286 g/mol. The molecule has 0 heterocycles. The van der Waals surface area contributed by atoms with Gasteiger partial charge < -0.3 is 15.2 Å². The maximum absolute atomic E-state index is 13.5. The highest BCUT2D eigenvalue weighted by atomic mass is 19.1. The van der Waals surface area contributed by atoms with Gasteiger partial charge in [-0.3, -0.25) is 0 Å². The van der Waals surface area contributed by atoms with Crippen molar-refractivity contribution in [2.24, 2.45) is 0 Å². The molecular weight excluding hydrogens is 275 g/mol. The molecule has 2 aromatic rings. The van der Waals surface area contributed by atoms with Crippen LogP contribution in [0.1, 0.15) is 15.9 Å². The number of rotatable bonds is 3. The largest absolute Gasteiger partial charge is 0.465 e. The number of halogens is 1. The van der Waals surface area contributed by atoms with Crippen LogP contribution in [-0.4, -0.2) is 13.1 Å². The Bertz CT molecular complexity index is 738. The molecule has 0 aliphatic heterocycles. The van der Waals surface area contributed by atoms with Gasteiger partial charge in [0.25, 0.3) is 0 Å². The highest BCUT2D eigenvalue weighted by molar-refractivity contribution is 5.90. The van der Waals surface area contributed by atoms with Gasteiger partial charge in [-0.25, -0.2) is 9.18 Å². The molecule has 0 atom stereocenters. The Kier molecular flexibility index (Phi) is 4.05. The lowest BCUT2D eigenvalue weighted by atomic mass is 10.1. The van der Waals surface area contributed by atoms with Gasteiger partial charge in [0.15, 0.2) is 5.75 Å². The number of benzene rings is 2. The Hall–Kier alpha value is -3.07. The number of esters is 1. The topological polar surface area (TPSA) is 85.3 Å². The van der Waals surface area contributed by atoms with Crippen molar-refractivity contribution in [3.63, 3.8) is 0 Å². The van der Waals surface area contributed by atoms with Crippen LogP contribution in [-0.2, 0) is 4.74 Å². The number of ether oxygens (including phenoxy) is 2. The fourth-order valence-electron chi connectivity index (χ4n) is 1.68. The van der Waals surface area contributed by atoms with E-state index in [1.807, 2.05) is 0 Å². The van der Waals surface area contributed by atoms with Crippen LogP contribution in [0.2, 0.25) is 0 Å². The average Bonchev–Trinajstić information content (AvgIpc) is 2.49. The highest BCUT2D eigenvalue weighted by Crippen LogP contribution is 2.31. The maximum Gasteiger partial charge on any atom is 0.337 e. The van der Waals surface area contributed by atoms with Crippen LogP contribution in [0.3, 0.4) is 0 Å². The van der Waals surface area contributed by atoms with E-state index >= 15 is 0 Å². The van der Waals surface area contributed by atoms with Crippen LogP contribution in [0.15, 0.2) is 36.4 Å². The molecule has 0 saturated heterocycles. The van der Waals surface area contributed by atoms with Gasteiger partial charge in [0, 0.05) is 0 Å². The Balaban J connectivity index is 2.43. The predicted octanol–water partition coefficient (Wildman–Crippen LogP) is 2.86. The van der Waals surface area contributed by atoms with Crippen molar-refractivity contribution in [3.05, 3.63) is 53.3 Å². The Labute approximate surface area is 120 Å². The molecule has 6 heteroatoms. The first-order chi connectivity index (χ1) is 10.1. The lowest BCUT2D eigenvalue weighted by Crippen LogP contribution is -2.03. The van der Waals surface area contributed by atoms with Crippen LogP contribution >= 0.6 is 0 Å². The summed E-state index contributed by atoms with van der Waals surface area (Å²) in [6, 6.07) is 10.0. The van der Waals surface area contributed by atoms with Crippen LogP contribution in [0.4, 0.5) is 10.1 Å². The maximum atomic E-state index is 13.5. The minimum Gasteiger partial charge on any atom is -0.465 e. The van der Waals surface area contributed by atoms with E-state index in [-0.39, 0.29) is 28.3 Å². The van der Waals surface area contributed by atoms with E-state index in [1.54, 1.807) is 6.07 Å². The smallest absolute Gasteiger partial charge is 0.337 e. The predicted molar refractivity (Wildman–Crippen MR) is 73.4 cm³/mol. The van der Waals surface area contributed by atoms with Crippen LogP contribution in [0.25, 0.3) is 0 Å². The van der Waals surface area contributed by atoms with Gasteiger partial charge in [-0.05, 0) is 30.3 Å². The standard InChI is InChI=1S/C15H11FN2O3/c1-20-15(19)9-5-6-12(18)14(7-9)21-13-4-2-3-11(16)10(13)8-17/h2-7H,18H2,1H3. The minimum atomic E-state index is -0.697. The molecule has 0 radical (unpaired) electrons. The van der Waals surface area contributed by atoms with E-state index in [0.29, 0.717) is 0 Å². The summed E-state index contributed by atoms with van der Waals surface area (Å²) < 4.78 is 23.6. The van der Waals surface area contributed by atoms with Gasteiger partial charge >= 0.3 is 5.97 Å². The Morgan fingerprint density at radius 1 is 1.29 bits per heavy atom.